The standard InChI is InChI=1S/C7H14O3S/c8-11-9-6-4-2-1-3-5-7-10-11/h1-7H2. The van der Waals surface area contributed by atoms with Gasteiger partial charge in [-0.2, -0.15) is 4.21 Å². The van der Waals surface area contributed by atoms with E-state index in [4.69, 9.17) is 8.37 Å². The Morgan fingerprint density at radius 3 is 1.82 bits per heavy atom. The Morgan fingerprint density at radius 2 is 1.27 bits per heavy atom. The van der Waals surface area contributed by atoms with Crippen LogP contribution in [0, 0.1) is 0 Å². The molecule has 0 spiro atoms. The molecule has 0 aliphatic carbocycles. The van der Waals surface area contributed by atoms with Crippen molar-refractivity contribution in [3.05, 3.63) is 0 Å². The largest absolute Gasteiger partial charge is 0.304 e. The molecular weight excluding hydrogens is 164 g/mol. The molecule has 1 rings (SSSR count). The van der Waals surface area contributed by atoms with Crippen molar-refractivity contribution in [3.63, 3.8) is 0 Å². The van der Waals surface area contributed by atoms with Gasteiger partial charge < -0.3 is 0 Å². The summed E-state index contributed by atoms with van der Waals surface area (Å²) in [6, 6.07) is 0. The fourth-order valence-corrected chi connectivity index (χ4v) is 1.60. The lowest BCUT2D eigenvalue weighted by Crippen LogP contribution is -2.06. The first kappa shape index (κ1) is 9.16. The van der Waals surface area contributed by atoms with Crippen molar-refractivity contribution < 1.29 is 12.6 Å². The molecule has 0 unspecified atom stereocenters. The number of hydrogen-bond donors (Lipinski definition) is 0. The fraction of sp³-hybridized carbons (Fsp3) is 1.00. The number of rotatable bonds is 0. The molecule has 1 aliphatic heterocycles. The van der Waals surface area contributed by atoms with Crippen molar-refractivity contribution in [1.82, 2.24) is 0 Å². The third-order valence-electron chi connectivity index (χ3n) is 1.65. The predicted octanol–water partition coefficient (Wildman–Crippen LogP) is 1.56. The summed E-state index contributed by atoms with van der Waals surface area (Å²) < 4.78 is 20.5. The van der Waals surface area contributed by atoms with Crippen LogP contribution in [0.15, 0.2) is 0 Å². The lowest BCUT2D eigenvalue weighted by Gasteiger charge is -2.06. The Balaban J connectivity index is 2.17. The minimum atomic E-state index is -1.49. The third kappa shape index (κ3) is 4.50. The fourth-order valence-electron chi connectivity index (χ4n) is 1.02. The van der Waals surface area contributed by atoms with E-state index in [0.717, 1.165) is 12.8 Å². The maximum Gasteiger partial charge on any atom is 0.304 e. The Hall–Kier alpha value is 0.0700. The van der Waals surface area contributed by atoms with E-state index >= 15 is 0 Å². The summed E-state index contributed by atoms with van der Waals surface area (Å²) in [6.45, 7) is 1.12. The van der Waals surface area contributed by atoms with Crippen molar-refractivity contribution in [2.45, 2.75) is 32.1 Å². The molecule has 4 heteroatoms. The van der Waals surface area contributed by atoms with Crippen LogP contribution in [-0.2, 0) is 19.7 Å². The van der Waals surface area contributed by atoms with E-state index in [1.54, 1.807) is 0 Å². The van der Waals surface area contributed by atoms with Crippen LogP contribution < -0.4 is 0 Å². The van der Waals surface area contributed by atoms with Gasteiger partial charge in [0.25, 0.3) is 0 Å². The van der Waals surface area contributed by atoms with E-state index in [1.807, 2.05) is 0 Å². The molecule has 0 N–H and O–H groups in total. The topological polar surface area (TPSA) is 35.5 Å². The van der Waals surface area contributed by atoms with Crippen LogP contribution in [0.2, 0.25) is 0 Å². The van der Waals surface area contributed by atoms with Gasteiger partial charge in [-0.25, -0.2) is 0 Å². The summed E-state index contributed by atoms with van der Waals surface area (Å²) in [6.07, 6.45) is 5.58. The summed E-state index contributed by atoms with van der Waals surface area (Å²) in [4.78, 5) is 0. The molecule has 0 bridgehead atoms. The minimum Gasteiger partial charge on any atom is -0.268 e. The van der Waals surface area contributed by atoms with E-state index < -0.39 is 11.4 Å². The average molecular weight is 178 g/mol. The highest BCUT2D eigenvalue weighted by Gasteiger charge is 2.02. The Labute approximate surface area is 69.9 Å². The summed E-state index contributed by atoms with van der Waals surface area (Å²) >= 11 is -1.49. The quantitative estimate of drug-likeness (QED) is 0.564. The molecule has 0 atom stereocenters. The zero-order valence-electron chi connectivity index (χ0n) is 6.58. The van der Waals surface area contributed by atoms with E-state index in [-0.39, 0.29) is 0 Å². The monoisotopic (exact) mass is 178 g/mol. The molecule has 0 saturated carbocycles. The van der Waals surface area contributed by atoms with Crippen molar-refractivity contribution >= 4 is 11.4 Å². The van der Waals surface area contributed by atoms with Crippen LogP contribution in [0.3, 0.4) is 0 Å². The lowest BCUT2D eigenvalue weighted by atomic mass is 10.2. The van der Waals surface area contributed by atoms with E-state index in [9.17, 15) is 4.21 Å². The van der Waals surface area contributed by atoms with Gasteiger partial charge in [0.05, 0.1) is 13.2 Å². The maximum absolute atomic E-state index is 10.8. The molecule has 11 heavy (non-hydrogen) atoms. The van der Waals surface area contributed by atoms with Gasteiger partial charge in [-0.05, 0) is 12.8 Å². The smallest absolute Gasteiger partial charge is 0.268 e. The van der Waals surface area contributed by atoms with Gasteiger partial charge in [0.15, 0.2) is 0 Å². The van der Waals surface area contributed by atoms with Crippen LogP contribution in [0.5, 0.6) is 0 Å². The molecule has 0 aromatic carbocycles. The van der Waals surface area contributed by atoms with Crippen molar-refractivity contribution in [3.8, 4) is 0 Å². The zero-order valence-corrected chi connectivity index (χ0v) is 7.40. The predicted molar refractivity (Wildman–Crippen MR) is 43.1 cm³/mol. The van der Waals surface area contributed by atoms with Gasteiger partial charge >= 0.3 is 11.4 Å². The van der Waals surface area contributed by atoms with Crippen molar-refractivity contribution in [2.75, 3.05) is 13.2 Å². The van der Waals surface area contributed by atoms with Crippen molar-refractivity contribution in [1.29, 1.82) is 0 Å². The Kier molecular flexibility index (Phi) is 4.74. The molecule has 1 heterocycles. The van der Waals surface area contributed by atoms with Gasteiger partial charge in [0.2, 0.25) is 0 Å². The molecular formula is C7H14O3S. The van der Waals surface area contributed by atoms with Crippen molar-refractivity contribution in [2.24, 2.45) is 0 Å². The molecule has 1 fully saturated rings. The van der Waals surface area contributed by atoms with Gasteiger partial charge in [-0.15, -0.1) is 0 Å². The SMILES string of the molecule is O=S1OCCCCCCCO1. The van der Waals surface area contributed by atoms with Crippen LogP contribution in [-0.4, -0.2) is 17.4 Å². The van der Waals surface area contributed by atoms with E-state index in [1.165, 1.54) is 19.3 Å². The molecule has 0 radical (unpaired) electrons. The van der Waals surface area contributed by atoms with Crippen LogP contribution in [0.1, 0.15) is 32.1 Å². The molecule has 0 aromatic rings. The van der Waals surface area contributed by atoms with Crippen LogP contribution >= 0.6 is 0 Å². The highest BCUT2D eigenvalue weighted by atomic mass is 32.2. The number of hydrogen-bond acceptors (Lipinski definition) is 3. The first-order chi connectivity index (χ1) is 5.39. The molecule has 1 aliphatic rings. The molecule has 1 saturated heterocycles. The third-order valence-corrected chi connectivity index (χ3v) is 2.37. The van der Waals surface area contributed by atoms with Gasteiger partial charge in [-0.1, -0.05) is 19.3 Å². The second-order valence-corrected chi connectivity index (χ2v) is 3.50. The second-order valence-electron chi connectivity index (χ2n) is 2.62. The second kappa shape index (κ2) is 5.69. The molecule has 66 valence electrons. The van der Waals surface area contributed by atoms with Gasteiger partial charge in [0.1, 0.15) is 0 Å². The first-order valence-corrected chi connectivity index (χ1v) is 5.08. The van der Waals surface area contributed by atoms with Gasteiger partial charge in [0, 0.05) is 0 Å². The van der Waals surface area contributed by atoms with Crippen LogP contribution in [0.25, 0.3) is 0 Å². The minimum absolute atomic E-state index is 0.562. The van der Waals surface area contributed by atoms with E-state index in [2.05, 4.69) is 0 Å². The first-order valence-electron chi connectivity index (χ1n) is 4.08. The summed E-state index contributed by atoms with van der Waals surface area (Å²) in [5, 5.41) is 0. The molecule has 3 nitrogen and oxygen atoms in total. The Bertz CT molecular complexity index is 115. The normalized spacial score (nSPS) is 24.7. The molecule has 0 amide bonds. The van der Waals surface area contributed by atoms with Gasteiger partial charge in [-0.3, -0.25) is 8.37 Å². The summed E-state index contributed by atoms with van der Waals surface area (Å²) in [5.41, 5.74) is 0. The average Bonchev–Trinajstić information content (AvgIpc) is 2.03. The Morgan fingerprint density at radius 1 is 0.818 bits per heavy atom. The summed E-state index contributed by atoms with van der Waals surface area (Å²) in [5.74, 6) is 0. The van der Waals surface area contributed by atoms with E-state index in [0.29, 0.717) is 13.2 Å². The molecule has 0 aromatic heterocycles. The highest BCUT2D eigenvalue weighted by molar-refractivity contribution is 7.75. The maximum atomic E-state index is 10.8. The van der Waals surface area contributed by atoms with Crippen LogP contribution in [0.4, 0.5) is 0 Å². The summed E-state index contributed by atoms with van der Waals surface area (Å²) in [7, 11) is 0. The lowest BCUT2D eigenvalue weighted by molar-refractivity contribution is 0.232. The highest BCUT2D eigenvalue weighted by Crippen LogP contribution is 2.07. The zero-order chi connectivity index (χ0) is 7.94.